The second kappa shape index (κ2) is 9.73. The molecule has 1 atom stereocenters. The van der Waals surface area contributed by atoms with Crippen LogP contribution in [0.25, 0.3) is 0 Å². The molecule has 0 amide bonds. The third-order valence-corrected chi connectivity index (χ3v) is 5.47. The first-order valence-electron chi connectivity index (χ1n) is 10.2. The Labute approximate surface area is 176 Å². The Morgan fingerprint density at radius 1 is 1.26 bits per heavy atom. The fraction of sp³-hybridized carbons (Fsp3) is 0.550. The summed E-state index contributed by atoms with van der Waals surface area (Å²) < 4.78 is 60.6. The van der Waals surface area contributed by atoms with Crippen molar-refractivity contribution < 1.29 is 27.1 Å². The van der Waals surface area contributed by atoms with Gasteiger partial charge in [0, 0.05) is 6.07 Å². The average Bonchev–Trinajstić information content (AvgIpc) is 3.24. The monoisotopic (exact) mass is 443 g/mol. The van der Waals surface area contributed by atoms with Gasteiger partial charge in [0.05, 0.1) is 11.7 Å². The number of nitrogens with two attached hydrogens (primary N) is 1. The van der Waals surface area contributed by atoms with E-state index in [0.717, 1.165) is 19.5 Å². The lowest BCUT2D eigenvalue weighted by atomic mass is 9.87. The first-order valence-corrected chi connectivity index (χ1v) is 10.2. The summed E-state index contributed by atoms with van der Waals surface area (Å²) in [5, 5.41) is 11.4. The number of ketones is 1. The van der Waals surface area contributed by atoms with Gasteiger partial charge >= 0.3 is 0 Å². The molecule has 0 aliphatic carbocycles. The molecule has 2 aromatic rings. The van der Waals surface area contributed by atoms with E-state index >= 15 is 0 Å². The molecule has 0 bridgehead atoms. The summed E-state index contributed by atoms with van der Waals surface area (Å²) in [6.45, 7) is 2.61. The number of piperidine rings is 1. The van der Waals surface area contributed by atoms with E-state index in [1.165, 1.54) is 4.68 Å². The molecule has 1 aromatic carbocycles. The molecule has 2 heterocycles. The number of benzene rings is 1. The Balaban J connectivity index is 1.78. The van der Waals surface area contributed by atoms with Crippen LogP contribution in [0.1, 0.15) is 50.8 Å². The van der Waals surface area contributed by atoms with E-state index in [2.05, 4.69) is 15.6 Å². The molecular formula is C20H25F4N5O2. The Morgan fingerprint density at radius 2 is 1.90 bits per heavy atom. The standard InChI is InChI=1S/C20H25F4N5O2/c1-2-3-4-14(29-10-16(27-28-29)20(25)5-7-26-8-6-20)15(30)11-31-19-17(23)12(21)9-13(22)18(19)24/h9-10,14,26H,2-8,11,25H2,1H3. The maximum atomic E-state index is 13.8. The smallest absolute Gasteiger partial charge is 0.203 e. The first kappa shape index (κ1) is 23.1. The lowest BCUT2D eigenvalue weighted by Gasteiger charge is -2.31. The predicted octanol–water partition coefficient (Wildman–Crippen LogP) is 2.75. The van der Waals surface area contributed by atoms with Gasteiger partial charge in [-0.2, -0.15) is 8.78 Å². The van der Waals surface area contributed by atoms with Gasteiger partial charge < -0.3 is 15.8 Å². The molecule has 7 nitrogen and oxygen atoms in total. The second-order valence-corrected chi connectivity index (χ2v) is 7.70. The van der Waals surface area contributed by atoms with Crippen molar-refractivity contribution in [2.45, 2.75) is 50.6 Å². The highest BCUT2D eigenvalue weighted by molar-refractivity contribution is 5.84. The van der Waals surface area contributed by atoms with Crippen molar-refractivity contribution in [1.82, 2.24) is 20.3 Å². The van der Waals surface area contributed by atoms with Crippen LogP contribution in [-0.2, 0) is 10.3 Å². The van der Waals surface area contributed by atoms with Crippen molar-refractivity contribution in [2.24, 2.45) is 5.73 Å². The van der Waals surface area contributed by atoms with Crippen LogP contribution in [0.3, 0.4) is 0 Å². The number of carbonyl (C=O) groups is 1. The van der Waals surface area contributed by atoms with Crippen LogP contribution >= 0.6 is 0 Å². The van der Waals surface area contributed by atoms with Gasteiger partial charge in [0.2, 0.25) is 11.6 Å². The fourth-order valence-electron chi connectivity index (χ4n) is 3.54. The molecule has 1 aliphatic heterocycles. The van der Waals surface area contributed by atoms with E-state index < -0.39 is 53.0 Å². The van der Waals surface area contributed by atoms with Gasteiger partial charge in [-0.25, -0.2) is 13.5 Å². The Kier molecular flexibility index (Phi) is 7.26. The third kappa shape index (κ3) is 5.04. The molecular weight excluding hydrogens is 418 g/mol. The summed E-state index contributed by atoms with van der Waals surface area (Å²) in [6, 6.07) is -0.750. The van der Waals surface area contributed by atoms with Crippen LogP contribution in [0.2, 0.25) is 0 Å². The summed E-state index contributed by atoms with van der Waals surface area (Å²) >= 11 is 0. The number of carbonyl (C=O) groups excluding carboxylic acids is 1. The van der Waals surface area contributed by atoms with Crippen molar-refractivity contribution in [3.8, 4) is 5.75 Å². The largest absolute Gasteiger partial charge is 0.479 e. The Bertz CT molecular complexity index is 904. The van der Waals surface area contributed by atoms with Crippen LogP contribution in [0.15, 0.2) is 12.3 Å². The third-order valence-electron chi connectivity index (χ3n) is 5.47. The van der Waals surface area contributed by atoms with Crippen molar-refractivity contribution in [3.63, 3.8) is 0 Å². The molecule has 1 fully saturated rings. The van der Waals surface area contributed by atoms with E-state index in [0.29, 0.717) is 31.4 Å². The zero-order valence-corrected chi connectivity index (χ0v) is 17.1. The Hall–Kier alpha value is -2.53. The topological polar surface area (TPSA) is 95.1 Å². The van der Waals surface area contributed by atoms with E-state index in [9.17, 15) is 22.4 Å². The zero-order chi connectivity index (χ0) is 22.6. The van der Waals surface area contributed by atoms with Crippen molar-refractivity contribution >= 4 is 5.78 Å². The van der Waals surface area contributed by atoms with E-state index in [1.807, 2.05) is 6.92 Å². The SMILES string of the molecule is CCCCC(C(=O)COc1c(F)c(F)cc(F)c1F)n1cc(C2(N)CCNCC2)nn1. The summed E-state index contributed by atoms with van der Waals surface area (Å²) in [5.41, 5.74) is 6.33. The van der Waals surface area contributed by atoms with Crippen LogP contribution in [0, 0.1) is 23.3 Å². The minimum Gasteiger partial charge on any atom is -0.479 e. The minimum atomic E-state index is -1.70. The molecule has 1 aliphatic rings. The number of hydrogen-bond donors (Lipinski definition) is 2. The molecule has 11 heteroatoms. The maximum Gasteiger partial charge on any atom is 0.203 e. The molecule has 170 valence electrons. The van der Waals surface area contributed by atoms with Gasteiger partial charge in [0.1, 0.15) is 18.3 Å². The highest BCUT2D eigenvalue weighted by Gasteiger charge is 2.34. The normalized spacial score (nSPS) is 16.8. The molecule has 0 saturated carbocycles. The maximum absolute atomic E-state index is 13.8. The second-order valence-electron chi connectivity index (χ2n) is 7.70. The number of nitrogens with one attached hydrogen (secondary N) is 1. The number of ether oxygens (including phenoxy) is 1. The number of aromatic nitrogens is 3. The van der Waals surface area contributed by atoms with Crippen molar-refractivity contribution in [2.75, 3.05) is 19.7 Å². The van der Waals surface area contributed by atoms with E-state index in [4.69, 9.17) is 10.5 Å². The number of Topliss-reactive ketones (excluding diaryl/α,β-unsaturated/α-hetero) is 1. The van der Waals surface area contributed by atoms with Gasteiger partial charge in [-0.1, -0.05) is 25.0 Å². The summed E-state index contributed by atoms with van der Waals surface area (Å²) in [6.07, 6.45) is 4.76. The van der Waals surface area contributed by atoms with Crippen LogP contribution in [0.4, 0.5) is 17.6 Å². The average molecular weight is 443 g/mol. The molecule has 0 spiro atoms. The van der Waals surface area contributed by atoms with Gasteiger partial charge in [-0.3, -0.25) is 4.79 Å². The molecule has 3 rings (SSSR count). The molecule has 0 radical (unpaired) electrons. The summed E-state index contributed by atoms with van der Waals surface area (Å²) in [7, 11) is 0. The minimum absolute atomic E-state index is 0.0732. The molecule has 1 aromatic heterocycles. The number of nitrogens with zero attached hydrogens (tertiary/aromatic N) is 3. The van der Waals surface area contributed by atoms with Crippen LogP contribution < -0.4 is 15.8 Å². The number of unbranched alkanes of at least 4 members (excludes halogenated alkanes) is 1. The van der Waals surface area contributed by atoms with Gasteiger partial charge in [-0.15, -0.1) is 5.10 Å². The van der Waals surface area contributed by atoms with Gasteiger partial charge in [-0.05, 0) is 32.4 Å². The van der Waals surface area contributed by atoms with E-state index in [1.54, 1.807) is 6.20 Å². The van der Waals surface area contributed by atoms with Gasteiger partial charge in [0.25, 0.3) is 0 Å². The summed E-state index contributed by atoms with van der Waals surface area (Å²) in [4.78, 5) is 12.8. The lowest BCUT2D eigenvalue weighted by molar-refractivity contribution is -0.124. The molecule has 1 saturated heterocycles. The summed E-state index contributed by atoms with van der Waals surface area (Å²) in [5.74, 6) is -8.45. The van der Waals surface area contributed by atoms with Crippen LogP contribution in [0.5, 0.6) is 5.75 Å². The van der Waals surface area contributed by atoms with Gasteiger partial charge in [0.15, 0.2) is 23.2 Å². The highest BCUT2D eigenvalue weighted by Crippen LogP contribution is 2.29. The lowest BCUT2D eigenvalue weighted by Crippen LogP contribution is -2.46. The molecule has 1 unspecified atom stereocenters. The van der Waals surface area contributed by atoms with Crippen LogP contribution in [-0.4, -0.2) is 40.5 Å². The first-order chi connectivity index (χ1) is 14.8. The number of halogens is 4. The quantitative estimate of drug-likeness (QED) is 0.457. The Morgan fingerprint density at radius 3 is 2.52 bits per heavy atom. The number of hydrogen-bond acceptors (Lipinski definition) is 6. The van der Waals surface area contributed by atoms with Crippen molar-refractivity contribution in [3.05, 3.63) is 41.2 Å². The molecule has 31 heavy (non-hydrogen) atoms. The zero-order valence-electron chi connectivity index (χ0n) is 17.1. The molecule has 3 N–H and O–H groups in total. The predicted molar refractivity (Wildman–Crippen MR) is 103 cm³/mol. The fourth-order valence-corrected chi connectivity index (χ4v) is 3.54. The highest BCUT2D eigenvalue weighted by atomic mass is 19.2. The number of rotatable bonds is 9. The van der Waals surface area contributed by atoms with E-state index in [-0.39, 0.29) is 6.07 Å². The van der Waals surface area contributed by atoms with Crippen molar-refractivity contribution in [1.29, 1.82) is 0 Å².